The molecule has 1 aromatic carbocycles. The van der Waals surface area contributed by atoms with Crippen LogP contribution in [0.15, 0.2) is 23.1 Å². The monoisotopic (exact) mass is 332 g/mol. The standard InChI is InChI=1S/C13H17ClN2O4S/c1-13(2)12(17)15-6-7-16(13)21(18,19)11-5-4-9(14)8-10(11)20-3/h4-5,8H,6-7H2,1-3H3,(H,15,17). The third-order valence-electron chi connectivity index (χ3n) is 3.47. The first kappa shape index (κ1) is 16.1. The van der Waals surface area contributed by atoms with Crippen molar-refractivity contribution in [2.45, 2.75) is 24.3 Å². The molecule has 0 bridgehead atoms. The molecule has 8 heteroatoms. The van der Waals surface area contributed by atoms with Gasteiger partial charge in [-0.15, -0.1) is 0 Å². The largest absolute Gasteiger partial charge is 0.495 e. The van der Waals surface area contributed by atoms with E-state index in [-0.39, 0.29) is 29.6 Å². The average molecular weight is 333 g/mol. The Morgan fingerprint density at radius 3 is 2.67 bits per heavy atom. The van der Waals surface area contributed by atoms with Crippen molar-refractivity contribution in [1.82, 2.24) is 9.62 Å². The fourth-order valence-electron chi connectivity index (χ4n) is 2.27. The Morgan fingerprint density at radius 2 is 2.05 bits per heavy atom. The van der Waals surface area contributed by atoms with Crippen molar-refractivity contribution in [3.8, 4) is 5.75 Å². The van der Waals surface area contributed by atoms with Gasteiger partial charge in [-0.2, -0.15) is 4.31 Å². The average Bonchev–Trinajstić information content (AvgIpc) is 2.41. The number of hydrogen-bond acceptors (Lipinski definition) is 4. The summed E-state index contributed by atoms with van der Waals surface area (Å²) in [6.45, 7) is 3.62. The molecule has 0 aliphatic carbocycles. The van der Waals surface area contributed by atoms with Crippen LogP contribution in [0.2, 0.25) is 5.02 Å². The molecule has 0 saturated carbocycles. The maximum atomic E-state index is 12.9. The summed E-state index contributed by atoms with van der Waals surface area (Å²) in [6.07, 6.45) is 0. The fraction of sp³-hybridized carbons (Fsp3) is 0.462. The first-order valence-corrected chi connectivity index (χ1v) is 8.17. The van der Waals surface area contributed by atoms with Crippen LogP contribution in [-0.4, -0.2) is 44.4 Å². The number of ether oxygens (including phenoxy) is 1. The van der Waals surface area contributed by atoms with Crippen LogP contribution in [-0.2, 0) is 14.8 Å². The molecule has 0 aromatic heterocycles. The van der Waals surface area contributed by atoms with Gasteiger partial charge in [0.15, 0.2) is 0 Å². The molecule has 1 aromatic rings. The lowest BCUT2D eigenvalue weighted by Gasteiger charge is -2.40. The van der Waals surface area contributed by atoms with Gasteiger partial charge in [-0.1, -0.05) is 11.6 Å². The zero-order valence-corrected chi connectivity index (χ0v) is 13.6. The first-order chi connectivity index (χ1) is 9.71. The quantitative estimate of drug-likeness (QED) is 0.903. The SMILES string of the molecule is COc1cc(Cl)ccc1S(=O)(=O)N1CCNC(=O)C1(C)C. The number of piperazine rings is 1. The summed E-state index contributed by atoms with van der Waals surface area (Å²) in [4.78, 5) is 11.9. The minimum absolute atomic E-state index is 0.00262. The van der Waals surface area contributed by atoms with Gasteiger partial charge in [0.05, 0.1) is 7.11 Å². The van der Waals surface area contributed by atoms with E-state index in [4.69, 9.17) is 16.3 Å². The number of halogens is 1. The van der Waals surface area contributed by atoms with Gasteiger partial charge in [0, 0.05) is 24.2 Å². The van der Waals surface area contributed by atoms with Crippen LogP contribution in [0, 0.1) is 0 Å². The van der Waals surface area contributed by atoms with E-state index in [1.54, 1.807) is 13.8 Å². The Hall–Kier alpha value is -1.31. The fourth-order valence-corrected chi connectivity index (χ4v) is 4.33. The summed E-state index contributed by atoms with van der Waals surface area (Å²) in [5.74, 6) is -0.172. The van der Waals surface area contributed by atoms with Gasteiger partial charge < -0.3 is 10.1 Å². The number of amides is 1. The second kappa shape index (κ2) is 5.47. The van der Waals surface area contributed by atoms with Crippen molar-refractivity contribution in [2.24, 2.45) is 0 Å². The molecule has 1 fully saturated rings. The van der Waals surface area contributed by atoms with Crippen molar-refractivity contribution in [3.05, 3.63) is 23.2 Å². The summed E-state index contributed by atoms with van der Waals surface area (Å²) >= 11 is 5.86. The van der Waals surface area contributed by atoms with Crippen LogP contribution in [0.1, 0.15) is 13.8 Å². The normalized spacial score (nSPS) is 19.1. The molecule has 2 rings (SSSR count). The van der Waals surface area contributed by atoms with Crippen LogP contribution >= 0.6 is 11.6 Å². The van der Waals surface area contributed by atoms with Gasteiger partial charge in [0.25, 0.3) is 0 Å². The van der Waals surface area contributed by atoms with Crippen molar-refractivity contribution in [2.75, 3.05) is 20.2 Å². The van der Waals surface area contributed by atoms with Crippen molar-refractivity contribution in [3.63, 3.8) is 0 Å². The lowest BCUT2D eigenvalue weighted by Crippen LogP contribution is -2.63. The molecule has 0 atom stereocenters. The number of rotatable bonds is 3. The topological polar surface area (TPSA) is 75.7 Å². The second-order valence-corrected chi connectivity index (χ2v) is 7.45. The molecule has 1 amide bonds. The summed E-state index contributed by atoms with van der Waals surface area (Å²) in [5.41, 5.74) is -1.16. The number of methoxy groups -OCH3 is 1. The minimum Gasteiger partial charge on any atom is -0.495 e. The van der Waals surface area contributed by atoms with Crippen molar-refractivity contribution < 1.29 is 17.9 Å². The van der Waals surface area contributed by atoms with Gasteiger partial charge in [-0.3, -0.25) is 4.79 Å². The Bertz CT molecular complexity index is 673. The summed E-state index contributed by atoms with van der Waals surface area (Å²) in [6, 6.07) is 4.30. The van der Waals surface area contributed by atoms with Crippen LogP contribution in [0.4, 0.5) is 0 Å². The van der Waals surface area contributed by atoms with E-state index in [0.717, 1.165) is 0 Å². The molecule has 6 nitrogen and oxygen atoms in total. The van der Waals surface area contributed by atoms with Crippen LogP contribution in [0.3, 0.4) is 0 Å². The first-order valence-electron chi connectivity index (χ1n) is 6.36. The second-order valence-electron chi connectivity index (χ2n) is 5.19. The van der Waals surface area contributed by atoms with Crippen molar-refractivity contribution >= 4 is 27.5 Å². The summed E-state index contributed by atoms with van der Waals surface area (Å²) in [7, 11) is -2.50. The van der Waals surface area contributed by atoms with Gasteiger partial charge in [0.2, 0.25) is 15.9 Å². The molecule has 1 aliphatic heterocycles. The Labute approximate surface area is 129 Å². The molecule has 0 unspecified atom stereocenters. The predicted molar refractivity (Wildman–Crippen MR) is 79.0 cm³/mol. The van der Waals surface area contributed by atoms with Crippen LogP contribution in [0.5, 0.6) is 5.75 Å². The number of carbonyl (C=O) groups is 1. The molecule has 1 aliphatic rings. The highest BCUT2D eigenvalue weighted by Gasteiger charge is 2.45. The lowest BCUT2D eigenvalue weighted by atomic mass is 10.0. The maximum absolute atomic E-state index is 12.9. The molecule has 0 spiro atoms. The summed E-state index contributed by atoms with van der Waals surface area (Å²) < 4.78 is 32.0. The molecule has 0 radical (unpaired) electrons. The van der Waals surface area contributed by atoms with E-state index < -0.39 is 15.6 Å². The highest BCUT2D eigenvalue weighted by molar-refractivity contribution is 7.89. The van der Waals surface area contributed by atoms with E-state index in [1.165, 1.54) is 29.6 Å². The molecule has 21 heavy (non-hydrogen) atoms. The van der Waals surface area contributed by atoms with E-state index in [0.29, 0.717) is 5.02 Å². The molecule has 1 N–H and O–H groups in total. The predicted octanol–water partition coefficient (Wildman–Crippen LogP) is 1.25. The Morgan fingerprint density at radius 1 is 1.38 bits per heavy atom. The molecular weight excluding hydrogens is 316 g/mol. The maximum Gasteiger partial charge on any atom is 0.247 e. The zero-order valence-electron chi connectivity index (χ0n) is 12.0. The lowest BCUT2D eigenvalue weighted by molar-refractivity contribution is -0.131. The minimum atomic E-state index is -3.87. The molecular formula is C13H17ClN2O4S. The van der Waals surface area contributed by atoms with E-state index in [1.807, 2.05) is 0 Å². The third-order valence-corrected chi connectivity index (χ3v) is 5.82. The van der Waals surface area contributed by atoms with Crippen molar-refractivity contribution in [1.29, 1.82) is 0 Å². The van der Waals surface area contributed by atoms with Gasteiger partial charge in [-0.25, -0.2) is 8.42 Å². The Balaban J connectivity index is 2.54. The van der Waals surface area contributed by atoms with E-state index in [2.05, 4.69) is 5.32 Å². The Kier molecular flexibility index (Phi) is 4.19. The van der Waals surface area contributed by atoms with Gasteiger partial charge in [-0.05, 0) is 26.0 Å². The van der Waals surface area contributed by atoms with Crippen LogP contribution in [0.25, 0.3) is 0 Å². The number of benzene rings is 1. The zero-order chi connectivity index (χ0) is 15.8. The number of nitrogens with one attached hydrogen (secondary N) is 1. The van der Waals surface area contributed by atoms with Crippen LogP contribution < -0.4 is 10.1 Å². The molecule has 1 heterocycles. The molecule has 116 valence electrons. The number of sulfonamides is 1. The van der Waals surface area contributed by atoms with E-state index >= 15 is 0 Å². The smallest absolute Gasteiger partial charge is 0.247 e. The van der Waals surface area contributed by atoms with Gasteiger partial charge in [0.1, 0.15) is 16.2 Å². The highest BCUT2D eigenvalue weighted by Crippen LogP contribution is 2.33. The highest BCUT2D eigenvalue weighted by atomic mass is 35.5. The van der Waals surface area contributed by atoms with E-state index in [9.17, 15) is 13.2 Å². The number of carbonyl (C=O) groups excluding carboxylic acids is 1. The molecule has 1 saturated heterocycles. The third kappa shape index (κ3) is 2.73. The van der Waals surface area contributed by atoms with Gasteiger partial charge >= 0.3 is 0 Å². The number of nitrogens with zero attached hydrogens (tertiary/aromatic N) is 1. The number of hydrogen-bond donors (Lipinski definition) is 1. The summed E-state index contributed by atoms with van der Waals surface area (Å²) in [5, 5.41) is 3.04.